The maximum absolute atomic E-state index is 12.5. The predicted octanol–water partition coefficient (Wildman–Crippen LogP) is 2.57. The molecule has 8 nitrogen and oxygen atoms in total. The fourth-order valence-corrected chi connectivity index (χ4v) is 2.98. The van der Waals surface area contributed by atoms with Gasteiger partial charge in [0, 0.05) is 11.3 Å². The molecular weight excluding hydrogens is 358 g/mol. The Hall–Kier alpha value is -3.94. The number of nitrogens with one attached hydrogen (secondary N) is 1. The molecule has 0 spiro atoms. The van der Waals surface area contributed by atoms with Crippen LogP contribution >= 0.6 is 0 Å². The zero-order valence-corrected chi connectivity index (χ0v) is 14.6. The molecule has 28 heavy (non-hydrogen) atoms. The Balaban J connectivity index is 1.29. The minimum absolute atomic E-state index is 0.170. The van der Waals surface area contributed by atoms with E-state index in [1.165, 1.54) is 0 Å². The molecule has 8 heteroatoms. The van der Waals surface area contributed by atoms with E-state index in [4.69, 9.17) is 9.47 Å². The topological polar surface area (TPSA) is 90.6 Å². The van der Waals surface area contributed by atoms with E-state index in [0.717, 1.165) is 11.3 Å². The van der Waals surface area contributed by atoms with E-state index in [1.54, 1.807) is 16.9 Å². The van der Waals surface area contributed by atoms with Crippen LogP contribution in [0.2, 0.25) is 0 Å². The highest BCUT2D eigenvalue weighted by Gasteiger charge is 2.27. The van der Waals surface area contributed by atoms with Crippen LogP contribution in [-0.4, -0.2) is 38.4 Å². The van der Waals surface area contributed by atoms with Gasteiger partial charge in [-0.3, -0.25) is 4.79 Å². The van der Waals surface area contributed by atoms with Gasteiger partial charge in [0.15, 0.2) is 17.1 Å². The molecule has 1 unspecified atom stereocenters. The molecule has 3 heterocycles. The molecule has 0 saturated heterocycles. The fraction of sp³-hybridized carbons (Fsp3) is 0.100. The van der Waals surface area contributed by atoms with Gasteiger partial charge in [-0.25, -0.2) is 0 Å². The van der Waals surface area contributed by atoms with Crippen molar-refractivity contribution >= 4 is 17.2 Å². The fourth-order valence-electron chi connectivity index (χ4n) is 2.98. The van der Waals surface area contributed by atoms with Crippen molar-refractivity contribution in [3.05, 3.63) is 67.0 Å². The molecule has 0 aliphatic carbocycles. The van der Waals surface area contributed by atoms with Crippen LogP contribution in [0.5, 0.6) is 11.5 Å². The van der Waals surface area contributed by atoms with Gasteiger partial charge in [0.2, 0.25) is 6.10 Å². The van der Waals surface area contributed by atoms with Crippen molar-refractivity contribution in [1.82, 2.24) is 19.8 Å². The van der Waals surface area contributed by atoms with Crippen LogP contribution in [0.15, 0.2) is 67.0 Å². The number of nitrogens with zero attached hydrogens (tertiary/aromatic N) is 4. The Morgan fingerprint density at radius 3 is 2.71 bits per heavy atom. The number of ether oxygens (including phenoxy) is 2. The maximum atomic E-state index is 12.5. The van der Waals surface area contributed by atoms with Crippen LogP contribution in [0.4, 0.5) is 5.69 Å². The van der Waals surface area contributed by atoms with Gasteiger partial charge in [0.25, 0.3) is 5.91 Å². The Morgan fingerprint density at radius 1 is 1.04 bits per heavy atom. The average molecular weight is 373 g/mol. The van der Waals surface area contributed by atoms with Crippen LogP contribution in [0.1, 0.15) is 0 Å². The van der Waals surface area contributed by atoms with Crippen LogP contribution in [-0.2, 0) is 4.79 Å². The van der Waals surface area contributed by atoms with E-state index in [-0.39, 0.29) is 12.5 Å². The summed E-state index contributed by atoms with van der Waals surface area (Å²) in [6.45, 7) is 0.170. The van der Waals surface area contributed by atoms with Gasteiger partial charge in [-0.05, 0) is 36.4 Å². The standard InChI is InChI=1S/C20H15N5O3/c26-20(18-11-27-16-3-1-2-4-17(16)28-18)22-14-7-5-13(6-8-14)15-9-10-19-23-21-12-25(19)24-15/h1-10,12,18H,11H2,(H,22,26). The zero-order valence-electron chi connectivity index (χ0n) is 14.6. The van der Waals surface area contributed by atoms with Gasteiger partial charge < -0.3 is 14.8 Å². The molecule has 1 atom stereocenters. The largest absolute Gasteiger partial charge is 0.485 e. The first-order valence-corrected chi connectivity index (χ1v) is 8.73. The smallest absolute Gasteiger partial charge is 0.269 e. The number of hydrogen-bond donors (Lipinski definition) is 1. The average Bonchev–Trinajstić information content (AvgIpc) is 3.22. The van der Waals surface area contributed by atoms with Crippen LogP contribution in [0, 0.1) is 0 Å². The molecule has 0 bridgehead atoms. The monoisotopic (exact) mass is 373 g/mol. The van der Waals surface area contributed by atoms with Crippen LogP contribution < -0.4 is 14.8 Å². The number of hydrogen-bond acceptors (Lipinski definition) is 6. The molecule has 5 rings (SSSR count). The highest BCUT2D eigenvalue weighted by molar-refractivity contribution is 5.95. The number of anilines is 1. The summed E-state index contributed by atoms with van der Waals surface area (Å²) in [6, 6.07) is 18.4. The molecule has 0 fully saturated rings. The summed E-state index contributed by atoms with van der Waals surface area (Å²) < 4.78 is 12.9. The molecule has 1 N–H and O–H groups in total. The number of aromatic nitrogens is 4. The zero-order chi connectivity index (χ0) is 18.9. The summed E-state index contributed by atoms with van der Waals surface area (Å²) in [7, 11) is 0. The number of carbonyl (C=O) groups excluding carboxylic acids is 1. The summed E-state index contributed by atoms with van der Waals surface area (Å²) in [4.78, 5) is 12.5. The van der Waals surface area contributed by atoms with Crippen molar-refractivity contribution in [3.63, 3.8) is 0 Å². The lowest BCUT2D eigenvalue weighted by Gasteiger charge is -2.25. The molecule has 0 radical (unpaired) electrons. The Kier molecular flexibility index (Phi) is 3.86. The molecule has 138 valence electrons. The van der Waals surface area contributed by atoms with E-state index in [2.05, 4.69) is 20.6 Å². The van der Waals surface area contributed by atoms with Crippen molar-refractivity contribution in [3.8, 4) is 22.8 Å². The first-order chi connectivity index (χ1) is 13.8. The summed E-state index contributed by atoms with van der Waals surface area (Å²) in [6.07, 6.45) is 0.852. The first-order valence-electron chi connectivity index (χ1n) is 8.73. The molecule has 1 aliphatic heterocycles. The lowest BCUT2D eigenvalue weighted by atomic mass is 10.1. The second-order valence-electron chi connectivity index (χ2n) is 6.28. The van der Waals surface area contributed by atoms with Gasteiger partial charge in [0.05, 0.1) is 5.69 Å². The second kappa shape index (κ2) is 6.66. The lowest BCUT2D eigenvalue weighted by Crippen LogP contribution is -2.40. The minimum atomic E-state index is -0.701. The number of benzene rings is 2. The highest BCUT2D eigenvalue weighted by Crippen LogP contribution is 2.31. The van der Waals surface area contributed by atoms with Gasteiger partial charge in [-0.1, -0.05) is 24.3 Å². The lowest BCUT2D eigenvalue weighted by molar-refractivity contribution is -0.125. The van der Waals surface area contributed by atoms with Crippen molar-refractivity contribution in [2.75, 3.05) is 11.9 Å². The number of rotatable bonds is 3. The van der Waals surface area contributed by atoms with Gasteiger partial charge in [-0.15, -0.1) is 10.2 Å². The predicted molar refractivity (Wildman–Crippen MR) is 101 cm³/mol. The molecule has 1 amide bonds. The maximum Gasteiger partial charge on any atom is 0.269 e. The van der Waals surface area contributed by atoms with Crippen LogP contribution in [0.3, 0.4) is 0 Å². The van der Waals surface area contributed by atoms with Gasteiger partial charge in [0.1, 0.15) is 12.9 Å². The van der Waals surface area contributed by atoms with Crippen LogP contribution in [0.25, 0.3) is 16.9 Å². The number of carbonyl (C=O) groups is 1. The molecule has 1 aliphatic rings. The van der Waals surface area contributed by atoms with Crippen molar-refractivity contribution in [2.24, 2.45) is 0 Å². The Bertz CT molecular complexity index is 1160. The molecule has 4 aromatic rings. The first kappa shape index (κ1) is 16.2. The van der Waals surface area contributed by atoms with Crippen molar-refractivity contribution in [1.29, 1.82) is 0 Å². The van der Waals surface area contributed by atoms with Gasteiger partial charge in [-0.2, -0.15) is 9.61 Å². The number of amides is 1. The molecular formula is C20H15N5O3. The third-order valence-electron chi connectivity index (χ3n) is 4.41. The van der Waals surface area contributed by atoms with Gasteiger partial charge >= 0.3 is 0 Å². The quantitative estimate of drug-likeness (QED) is 0.594. The number of fused-ring (bicyclic) bond motifs is 2. The summed E-state index contributed by atoms with van der Waals surface area (Å²) in [5, 5.41) is 15.1. The van der Waals surface area contributed by atoms with Crippen molar-refractivity contribution in [2.45, 2.75) is 6.10 Å². The third-order valence-corrected chi connectivity index (χ3v) is 4.41. The summed E-state index contributed by atoms with van der Waals surface area (Å²) in [5.74, 6) is 0.958. The van der Waals surface area contributed by atoms with E-state index >= 15 is 0 Å². The molecule has 2 aromatic heterocycles. The van der Waals surface area contributed by atoms with E-state index < -0.39 is 6.10 Å². The highest BCUT2D eigenvalue weighted by atomic mass is 16.6. The summed E-state index contributed by atoms with van der Waals surface area (Å²) >= 11 is 0. The SMILES string of the molecule is O=C(Nc1ccc(-c2ccc3nncn3n2)cc1)C1COc2ccccc2O1. The normalized spacial score (nSPS) is 15.4. The molecule has 0 saturated carbocycles. The summed E-state index contributed by atoms with van der Waals surface area (Å²) in [5.41, 5.74) is 3.05. The third kappa shape index (κ3) is 3.01. The van der Waals surface area contributed by atoms with Crippen molar-refractivity contribution < 1.29 is 14.3 Å². The second-order valence-corrected chi connectivity index (χ2v) is 6.28. The Morgan fingerprint density at radius 2 is 1.86 bits per heavy atom. The van der Waals surface area contributed by atoms with E-state index in [9.17, 15) is 4.79 Å². The Labute approximate surface area is 159 Å². The van der Waals surface area contributed by atoms with E-state index in [0.29, 0.717) is 22.8 Å². The molecule has 2 aromatic carbocycles. The minimum Gasteiger partial charge on any atom is -0.485 e. The van der Waals surface area contributed by atoms with E-state index in [1.807, 2.05) is 54.6 Å². The number of para-hydroxylation sites is 2.